The van der Waals surface area contributed by atoms with Gasteiger partial charge in [0.15, 0.2) is 0 Å². The molecule has 1 heterocycles. The van der Waals surface area contributed by atoms with Gasteiger partial charge in [0.25, 0.3) is 5.91 Å². The van der Waals surface area contributed by atoms with Gasteiger partial charge in [-0.15, -0.1) is 0 Å². The van der Waals surface area contributed by atoms with Crippen LogP contribution in [0.15, 0.2) is 0 Å². The quantitative estimate of drug-likeness (QED) is 0.482. The van der Waals surface area contributed by atoms with Crippen molar-refractivity contribution in [1.82, 2.24) is 10.6 Å². The Kier molecular flexibility index (Phi) is 1.40. The van der Waals surface area contributed by atoms with Crippen molar-refractivity contribution >= 4 is 5.91 Å². The first-order valence-electron chi connectivity index (χ1n) is 2.81. The number of rotatable bonds is 1. The Morgan fingerprint density at radius 3 is 2.44 bits per heavy atom. The number of carbonyl (C=O) groups is 1. The van der Waals surface area contributed by atoms with E-state index in [4.69, 9.17) is 0 Å². The smallest absolute Gasteiger partial charge is 0.260 e. The maximum atomic E-state index is 12.8. The molecule has 1 aliphatic heterocycles. The molecule has 1 fully saturated rings. The highest BCUT2D eigenvalue weighted by Crippen LogP contribution is 2.15. The van der Waals surface area contributed by atoms with Crippen molar-refractivity contribution in [3.05, 3.63) is 0 Å². The van der Waals surface area contributed by atoms with Gasteiger partial charge >= 0.3 is 0 Å². The molecule has 2 N–H and O–H groups in total. The number of alkyl halides is 1. The predicted octanol–water partition coefficient (Wildman–Crippen LogP) is -0.956. The zero-order valence-corrected chi connectivity index (χ0v) is 5.20. The lowest BCUT2D eigenvalue weighted by atomic mass is 9.99. The third-order valence-corrected chi connectivity index (χ3v) is 1.44. The number of halogens is 1. The molecule has 0 aromatic carbocycles. The van der Waals surface area contributed by atoms with Crippen LogP contribution in [0.4, 0.5) is 4.39 Å². The molecule has 4 heteroatoms. The summed E-state index contributed by atoms with van der Waals surface area (Å²) < 4.78 is 12.8. The summed E-state index contributed by atoms with van der Waals surface area (Å²) in [5.74, 6) is -0.527. The van der Waals surface area contributed by atoms with Crippen molar-refractivity contribution in [3.63, 3.8) is 0 Å². The molecule has 1 amide bonds. The molecule has 0 atom stereocenters. The van der Waals surface area contributed by atoms with Gasteiger partial charge in [0.2, 0.25) is 5.67 Å². The summed E-state index contributed by atoms with van der Waals surface area (Å²) in [7, 11) is 1.43. The average Bonchev–Trinajstić information content (AvgIpc) is 1.81. The van der Waals surface area contributed by atoms with E-state index in [0.29, 0.717) is 0 Å². The first kappa shape index (κ1) is 6.48. The molecule has 1 aliphatic rings. The van der Waals surface area contributed by atoms with Crippen molar-refractivity contribution in [2.24, 2.45) is 0 Å². The lowest BCUT2D eigenvalue weighted by Crippen LogP contribution is -2.63. The van der Waals surface area contributed by atoms with Gasteiger partial charge in [-0.05, 0) is 0 Å². The molecule has 0 bridgehead atoms. The lowest BCUT2D eigenvalue weighted by Gasteiger charge is -2.32. The fourth-order valence-corrected chi connectivity index (χ4v) is 0.729. The van der Waals surface area contributed by atoms with E-state index in [2.05, 4.69) is 10.6 Å². The van der Waals surface area contributed by atoms with Gasteiger partial charge < -0.3 is 10.6 Å². The van der Waals surface area contributed by atoms with Crippen molar-refractivity contribution in [1.29, 1.82) is 0 Å². The van der Waals surface area contributed by atoms with Crippen molar-refractivity contribution in [3.8, 4) is 0 Å². The third-order valence-electron chi connectivity index (χ3n) is 1.44. The molecule has 0 spiro atoms. The Hall–Kier alpha value is -0.640. The number of carbonyl (C=O) groups excluding carboxylic acids is 1. The number of nitrogens with one attached hydrogen (secondary N) is 2. The fourth-order valence-electron chi connectivity index (χ4n) is 0.729. The van der Waals surface area contributed by atoms with Crippen molar-refractivity contribution < 1.29 is 9.18 Å². The van der Waals surface area contributed by atoms with E-state index in [1.807, 2.05) is 0 Å². The minimum absolute atomic E-state index is 0.146. The Morgan fingerprint density at radius 2 is 2.33 bits per heavy atom. The monoisotopic (exact) mass is 132 g/mol. The first-order chi connectivity index (χ1) is 4.19. The van der Waals surface area contributed by atoms with Gasteiger partial charge in [0.1, 0.15) is 0 Å². The van der Waals surface area contributed by atoms with Crippen LogP contribution >= 0.6 is 0 Å². The topological polar surface area (TPSA) is 41.1 Å². The second-order valence-corrected chi connectivity index (χ2v) is 2.15. The molecule has 0 radical (unpaired) electrons. The SMILES string of the molecule is CNC(=O)C1(F)CNC1. The highest BCUT2D eigenvalue weighted by molar-refractivity contribution is 5.86. The van der Waals surface area contributed by atoms with Crippen LogP contribution in [0.5, 0.6) is 0 Å². The van der Waals surface area contributed by atoms with Crippen LogP contribution in [0.3, 0.4) is 0 Å². The molecule has 0 aromatic heterocycles. The highest BCUT2D eigenvalue weighted by atomic mass is 19.1. The van der Waals surface area contributed by atoms with Gasteiger partial charge in [0, 0.05) is 20.1 Å². The zero-order chi connectivity index (χ0) is 6.91. The molecular weight excluding hydrogens is 123 g/mol. The van der Waals surface area contributed by atoms with Gasteiger partial charge in [-0.25, -0.2) is 4.39 Å². The predicted molar refractivity (Wildman–Crippen MR) is 30.8 cm³/mol. The summed E-state index contributed by atoms with van der Waals surface area (Å²) in [4.78, 5) is 10.6. The number of hydrogen-bond acceptors (Lipinski definition) is 2. The number of hydrogen-bond donors (Lipinski definition) is 2. The molecule has 0 aliphatic carbocycles. The van der Waals surface area contributed by atoms with E-state index >= 15 is 0 Å². The van der Waals surface area contributed by atoms with Gasteiger partial charge in [-0.1, -0.05) is 0 Å². The fraction of sp³-hybridized carbons (Fsp3) is 0.800. The van der Waals surface area contributed by atoms with Crippen molar-refractivity contribution in [2.75, 3.05) is 20.1 Å². The second-order valence-electron chi connectivity index (χ2n) is 2.15. The van der Waals surface area contributed by atoms with Crippen LogP contribution in [-0.4, -0.2) is 31.7 Å². The van der Waals surface area contributed by atoms with Crippen LogP contribution in [0.1, 0.15) is 0 Å². The van der Waals surface area contributed by atoms with E-state index in [0.717, 1.165) is 0 Å². The van der Waals surface area contributed by atoms with Crippen LogP contribution in [0.25, 0.3) is 0 Å². The van der Waals surface area contributed by atoms with E-state index in [9.17, 15) is 9.18 Å². The summed E-state index contributed by atoms with van der Waals surface area (Å²) in [6, 6.07) is 0. The average molecular weight is 132 g/mol. The molecule has 1 saturated heterocycles. The minimum atomic E-state index is -1.63. The molecule has 0 aromatic rings. The molecular formula is C5H9FN2O. The third kappa shape index (κ3) is 0.896. The van der Waals surface area contributed by atoms with Crippen LogP contribution in [-0.2, 0) is 4.79 Å². The minimum Gasteiger partial charge on any atom is -0.356 e. The summed E-state index contributed by atoms with van der Waals surface area (Å²) in [5, 5.41) is 4.93. The zero-order valence-electron chi connectivity index (χ0n) is 5.20. The maximum Gasteiger partial charge on any atom is 0.260 e. The Bertz CT molecular complexity index is 133. The van der Waals surface area contributed by atoms with Crippen LogP contribution in [0.2, 0.25) is 0 Å². The van der Waals surface area contributed by atoms with Gasteiger partial charge in [-0.3, -0.25) is 4.79 Å². The molecule has 0 saturated carbocycles. The van der Waals surface area contributed by atoms with Crippen molar-refractivity contribution in [2.45, 2.75) is 5.67 Å². The Morgan fingerprint density at radius 1 is 1.78 bits per heavy atom. The standard InChI is InChI=1S/C5H9FN2O/c1-7-4(9)5(6)2-8-3-5/h8H,2-3H2,1H3,(H,7,9). The molecule has 52 valence electrons. The maximum absolute atomic E-state index is 12.8. The Balaban J connectivity index is 2.49. The molecule has 3 nitrogen and oxygen atoms in total. The molecule has 1 rings (SSSR count). The van der Waals surface area contributed by atoms with E-state index < -0.39 is 11.6 Å². The lowest BCUT2D eigenvalue weighted by molar-refractivity contribution is -0.135. The molecule has 0 unspecified atom stereocenters. The summed E-state index contributed by atoms with van der Waals surface area (Å²) in [5.41, 5.74) is -1.63. The summed E-state index contributed by atoms with van der Waals surface area (Å²) in [6.45, 7) is 0.291. The largest absolute Gasteiger partial charge is 0.356 e. The molecule has 9 heavy (non-hydrogen) atoms. The summed E-state index contributed by atoms with van der Waals surface area (Å²) in [6.07, 6.45) is 0. The van der Waals surface area contributed by atoms with Gasteiger partial charge in [-0.2, -0.15) is 0 Å². The highest BCUT2D eigenvalue weighted by Gasteiger charge is 2.43. The van der Waals surface area contributed by atoms with Crippen LogP contribution < -0.4 is 10.6 Å². The van der Waals surface area contributed by atoms with Crippen LogP contribution in [0, 0.1) is 0 Å². The Labute approximate surface area is 52.6 Å². The first-order valence-corrected chi connectivity index (χ1v) is 2.81. The van der Waals surface area contributed by atoms with E-state index in [1.165, 1.54) is 7.05 Å². The second kappa shape index (κ2) is 1.95. The van der Waals surface area contributed by atoms with E-state index in [1.54, 1.807) is 0 Å². The van der Waals surface area contributed by atoms with E-state index in [-0.39, 0.29) is 13.1 Å². The number of amides is 1. The normalized spacial score (nSPS) is 22.4. The van der Waals surface area contributed by atoms with Gasteiger partial charge in [0.05, 0.1) is 0 Å². The summed E-state index contributed by atoms with van der Waals surface area (Å²) >= 11 is 0.